The van der Waals surface area contributed by atoms with Gasteiger partial charge in [0.1, 0.15) is 5.82 Å². The van der Waals surface area contributed by atoms with Gasteiger partial charge >= 0.3 is 5.97 Å². The first-order chi connectivity index (χ1) is 13.8. The first kappa shape index (κ1) is 18.9. The number of carboxylic acids is 1. The fourth-order valence-corrected chi connectivity index (χ4v) is 5.00. The number of aromatic carboxylic acids is 1. The molecule has 8 nitrogen and oxygen atoms in total. The maximum absolute atomic E-state index is 13.5. The van der Waals surface area contributed by atoms with Crippen LogP contribution in [0.1, 0.15) is 28.0 Å². The van der Waals surface area contributed by atoms with Crippen LogP contribution in [0, 0.1) is 0 Å². The van der Waals surface area contributed by atoms with Crippen molar-refractivity contribution in [2.45, 2.75) is 11.0 Å². The molecule has 1 unspecified atom stereocenters. The molecule has 2 N–H and O–H groups in total. The van der Waals surface area contributed by atoms with Crippen LogP contribution in [0.3, 0.4) is 0 Å². The van der Waals surface area contributed by atoms with Crippen molar-refractivity contribution in [3.05, 3.63) is 84.1 Å². The Kier molecular flexibility index (Phi) is 4.48. The zero-order valence-electron chi connectivity index (χ0n) is 15.3. The van der Waals surface area contributed by atoms with Crippen molar-refractivity contribution in [2.75, 3.05) is 0 Å². The van der Waals surface area contributed by atoms with Crippen LogP contribution in [-0.2, 0) is 17.1 Å². The van der Waals surface area contributed by atoms with E-state index in [9.17, 15) is 23.4 Å². The number of hydrogen-bond acceptors (Lipinski definition) is 5. The summed E-state index contributed by atoms with van der Waals surface area (Å²) in [7, 11) is -2.57. The second-order valence-corrected chi connectivity index (χ2v) is 8.25. The summed E-state index contributed by atoms with van der Waals surface area (Å²) < 4.78 is 29.4. The zero-order chi connectivity index (χ0) is 20.8. The zero-order valence-corrected chi connectivity index (χ0v) is 16.1. The van der Waals surface area contributed by atoms with Crippen molar-refractivity contribution < 1.29 is 23.4 Å². The molecule has 0 saturated heterocycles. The molecule has 0 amide bonds. The van der Waals surface area contributed by atoms with E-state index >= 15 is 0 Å². The molecule has 0 bridgehead atoms. The average molecular weight is 411 g/mol. The highest BCUT2D eigenvalue weighted by Crippen LogP contribution is 2.36. The van der Waals surface area contributed by atoms with Gasteiger partial charge in [-0.1, -0.05) is 36.4 Å². The summed E-state index contributed by atoms with van der Waals surface area (Å²) in [5.74, 6) is -1.22. The van der Waals surface area contributed by atoms with Gasteiger partial charge in [-0.2, -0.15) is 0 Å². The van der Waals surface area contributed by atoms with Gasteiger partial charge in [0, 0.05) is 24.8 Å². The first-order valence-corrected chi connectivity index (χ1v) is 10.1. The Morgan fingerprint density at radius 1 is 1.07 bits per heavy atom. The lowest BCUT2D eigenvalue weighted by Gasteiger charge is -2.17. The van der Waals surface area contributed by atoms with E-state index in [1.807, 2.05) is 0 Å². The number of imidazole rings is 1. The van der Waals surface area contributed by atoms with Crippen molar-refractivity contribution in [3.63, 3.8) is 0 Å². The number of carboxylic acid groups (broad SMARTS) is 1. The van der Waals surface area contributed by atoms with E-state index in [1.165, 1.54) is 35.0 Å². The molecule has 4 aromatic rings. The molecule has 0 fully saturated rings. The predicted molar refractivity (Wildman–Crippen MR) is 105 cm³/mol. The number of hydrogen-bond donors (Lipinski definition) is 2. The molecule has 148 valence electrons. The summed E-state index contributed by atoms with van der Waals surface area (Å²) in [4.78, 5) is 16.2. The third kappa shape index (κ3) is 2.91. The average Bonchev–Trinajstić information content (AvgIpc) is 3.29. The Morgan fingerprint density at radius 3 is 2.34 bits per heavy atom. The highest BCUT2D eigenvalue weighted by molar-refractivity contribution is 7.90. The number of benzene rings is 2. The Morgan fingerprint density at radius 2 is 1.72 bits per heavy atom. The van der Waals surface area contributed by atoms with Gasteiger partial charge < -0.3 is 14.8 Å². The molecular formula is C20H17N3O5S. The molecule has 2 heterocycles. The van der Waals surface area contributed by atoms with Gasteiger partial charge in [-0.05, 0) is 18.2 Å². The monoisotopic (exact) mass is 411 g/mol. The lowest BCUT2D eigenvalue weighted by atomic mass is 10.1. The van der Waals surface area contributed by atoms with Crippen LogP contribution in [0.15, 0.2) is 71.9 Å². The van der Waals surface area contributed by atoms with Gasteiger partial charge in [0.05, 0.1) is 21.7 Å². The highest BCUT2D eigenvalue weighted by Gasteiger charge is 2.34. The molecule has 0 spiro atoms. The van der Waals surface area contributed by atoms with Crippen LogP contribution in [0.25, 0.3) is 10.9 Å². The maximum Gasteiger partial charge on any atom is 0.338 e. The van der Waals surface area contributed by atoms with Crippen LogP contribution < -0.4 is 0 Å². The molecule has 4 rings (SSSR count). The van der Waals surface area contributed by atoms with Crippen molar-refractivity contribution in [3.8, 4) is 0 Å². The number of fused-ring (bicyclic) bond motifs is 1. The minimum Gasteiger partial charge on any atom is -0.478 e. The van der Waals surface area contributed by atoms with Gasteiger partial charge in [-0.3, -0.25) is 0 Å². The van der Waals surface area contributed by atoms with E-state index in [4.69, 9.17) is 0 Å². The van der Waals surface area contributed by atoms with Crippen molar-refractivity contribution >= 4 is 26.9 Å². The molecule has 0 radical (unpaired) electrons. The van der Waals surface area contributed by atoms with Crippen LogP contribution >= 0.6 is 0 Å². The van der Waals surface area contributed by atoms with E-state index in [-0.39, 0.29) is 32.9 Å². The van der Waals surface area contributed by atoms with Gasteiger partial charge in [-0.15, -0.1) is 0 Å². The Bertz CT molecular complexity index is 1320. The Hall–Kier alpha value is -3.43. The number of rotatable bonds is 5. The van der Waals surface area contributed by atoms with E-state index in [0.717, 1.165) is 3.97 Å². The summed E-state index contributed by atoms with van der Waals surface area (Å²) in [6.07, 6.45) is 1.45. The molecule has 2 aromatic carbocycles. The third-order valence-corrected chi connectivity index (χ3v) is 6.47. The van der Waals surface area contributed by atoms with Crippen LogP contribution in [-0.4, -0.2) is 38.1 Å². The number of aliphatic hydroxyl groups excluding tert-OH is 1. The molecular weight excluding hydrogens is 394 g/mol. The Labute approximate surface area is 166 Å². The SMILES string of the molecule is Cn1ccnc1C(O)c1c(C(=O)O)c2ccccc2n1S(=O)(=O)c1ccccc1. The molecule has 9 heteroatoms. The van der Waals surface area contributed by atoms with Crippen molar-refractivity contribution in [2.24, 2.45) is 7.05 Å². The molecule has 2 aromatic heterocycles. The van der Waals surface area contributed by atoms with Gasteiger partial charge in [0.25, 0.3) is 10.0 Å². The normalized spacial score (nSPS) is 12.9. The highest BCUT2D eigenvalue weighted by atomic mass is 32.2. The molecule has 1 atom stereocenters. The fraction of sp³-hybridized carbons (Fsp3) is 0.100. The molecule has 0 aliphatic heterocycles. The second-order valence-electron chi connectivity index (χ2n) is 6.46. The molecule has 0 aliphatic rings. The first-order valence-electron chi connectivity index (χ1n) is 8.66. The number of aliphatic hydroxyl groups is 1. The lowest BCUT2D eigenvalue weighted by Crippen LogP contribution is -2.21. The van der Waals surface area contributed by atoms with Gasteiger partial charge in [-0.25, -0.2) is 22.2 Å². The summed E-state index contributed by atoms with van der Waals surface area (Å²) in [6, 6.07) is 13.9. The van der Waals surface area contributed by atoms with E-state index < -0.39 is 22.1 Å². The molecule has 0 aliphatic carbocycles. The van der Waals surface area contributed by atoms with Gasteiger partial charge in [0.2, 0.25) is 0 Å². The quantitative estimate of drug-likeness (QED) is 0.521. The number of aromatic nitrogens is 3. The van der Waals surface area contributed by atoms with Crippen LogP contribution in [0.5, 0.6) is 0 Å². The standard InChI is InChI=1S/C20H17N3O5S/c1-22-12-11-21-19(22)18(24)17-16(20(25)26)14-9-5-6-10-15(14)23(17)29(27,28)13-7-3-2-4-8-13/h2-12,18,24H,1H3,(H,25,26). The Balaban J connectivity index is 2.14. The summed E-state index contributed by atoms with van der Waals surface area (Å²) in [6.45, 7) is 0. The number of nitrogens with zero attached hydrogens (tertiary/aromatic N) is 3. The summed E-state index contributed by atoms with van der Waals surface area (Å²) >= 11 is 0. The van der Waals surface area contributed by atoms with E-state index in [1.54, 1.807) is 43.6 Å². The third-order valence-electron chi connectivity index (χ3n) is 4.72. The number of para-hydroxylation sites is 1. The predicted octanol–water partition coefficient (Wildman–Crippen LogP) is 2.39. The topological polar surface area (TPSA) is 114 Å². The fourth-order valence-electron chi connectivity index (χ4n) is 3.42. The smallest absolute Gasteiger partial charge is 0.338 e. The van der Waals surface area contributed by atoms with Crippen LogP contribution in [0.4, 0.5) is 0 Å². The minimum absolute atomic E-state index is 0.0222. The summed E-state index contributed by atoms with van der Waals surface area (Å²) in [5, 5.41) is 21.1. The van der Waals surface area contributed by atoms with E-state index in [0.29, 0.717) is 0 Å². The maximum atomic E-state index is 13.5. The number of carbonyl (C=O) groups is 1. The van der Waals surface area contributed by atoms with Gasteiger partial charge in [0.15, 0.2) is 6.10 Å². The minimum atomic E-state index is -4.20. The largest absolute Gasteiger partial charge is 0.478 e. The second kappa shape index (κ2) is 6.87. The number of aryl methyl sites for hydroxylation is 1. The lowest BCUT2D eigenvalue weighted by molar-refractivity contribution is 0.0692. The summed E-state index contributed by atoms with van der Waals surface area (Å²) in [5.41, 5.74) is -0.385. The van der Waals surface area contributed by atoms with Crippen LogP contribution in [0.2, 0.25) is 0 Å². The van der Waals surface area contributed by atoms with Crippen molar-refractivity contribution in [1.29, 1.82) is 0 Å². The van der Waals surface area contributed by atoms with Crippen molar-refractivity contribution in [1.82, 2.24) is 13.5 Å². The molecule has 29 heavy (non-hydrogen) atoms. The van der Waals surface area contributed by atoms with E-state index in [2.05, 4.69) is 4.98 Å². The molecule has 0 saturated carbocycles.